The monoisotopic (exact) mass is 277 g/mol. The van der Waals surface area contributed by atoms with E-state index in [2.05, 4.69) is 15.9 Å². The van der Waals surface area contributed by atoms with Gasteiger partial charge in [0.05, 0.1) is 0 Å². The minimum atomic E-state index is -1.17. The highest BCUT2D eigenvalue weighted by Gasteiger charge is 2.45. The van der Waals surface area contributed by atoms with Crippen LogP contribution in [0.5, 0.6) is 0 Å². The minimum absolute atomic E-state index is 0.141. The van der Waals surface area contributed by atoms with Gasteiger partial charge in [0.1, 0.15) is 5.67 Å². The Morgan fingerprint density at radius 1 is 1.64 bits per heavy atom. The van der Waals surface area contributed by atoms with E-state index in [1.807, 2.05) is 11.4 Å². The van der Waals surface area contributed by atoms with Crippen molar-refractivity contribution in [3.63, 3.8) is 0 Å². The molecule has 1 fully saturated rings. The molecule has 0 aliphatic heterocycles. The van der Waals surface area contributed by atoms with E-state index >= 15 is 0 Å². The molecule has 1 nitrogen and oxygen atoms in total. The Kier molecular flexibility index (Phi) is 2.96. The van der Waals surface area contributed by atoms with Gasteiger partial charge in [-0.1, -0.05) is 0 Å². The molecule has 1 aromatic rings. The first kappa shape index (κ1) is 10.6. The molecule has 1 aromatic heterocycles. The van der Waals surface area contributed by atoms with Gasteiger partial charge in [-0.25, -0.2) is 4.39 Å². The van der Waals surface area contributed by atoms with Gasteiger partial charge in [-0.15, -0.1) is 11.3 Å². The van der Waals surface area contributed by atoms with Crippen LogP contribution in [0.3, 0.4) is 0 Å². The van der Waals surface area contributed by atoms with Crippen molar-refractivity contribution in [3.8, 4) is 0 Å². The molecule has 0 radical (unpaired) electrons. The van der Waals surface area contributed by atoms with Crippen molar-refractivity contribution in [1.82, 2.24) is 0 Å². The number of halogens is 2. The van der Waals surface area contributed by atoms with Crippen molar-refractivity contribution in [2.24, 2.45) is 11.7 Å². The van der Waals surface area contributed by atoms with Gasteiger partial charge in [-0.05, 0) is 46.1 Å². The molecule has 0 bridgehead atoms. The van der Waals surface area contributed by atoms with Crippen molar-refractivity contribution in [2.45, 2.75) is 24.9 Å². The molecule has 78 valence electrons. The summed E-state index contributed by atoms with van der Waals surface area (Å²) in [6, 6.07) is 1.96. The molecule has 0 aromatic carbocycles. The van der Waals surface area contributed by atoms with E-state index in [9.17, 15) is 4.39 Å². The van der Waals surface area contributed by atoms with E-state index in [1.54, 1.807) is 11.3 Å². The fraction of sp³-hybridized carbons (Fsp3) is 0.600. The molecular weight excluding hydrogens is 265 g/mol. The Bertz CT molecular complexity index is 324. The third-order valence-corrected chi connectivity index (χ3v) is 4.72. The van der Waals surface area contributed by atoms with Crippen LogP contribution in [0.25, 0.3) is 0 Å². The van der Waals surface area contributed by atoms with Crippen LogP contribution in [0.4, 0.5) is 4.39 Å². The highest BCUT2D eigenvalue weighted by molar-refractivity contribution is 9.10. The highest BCUT2D eigenvalue weighted by atomic mass is 79.9. The van der Waals surface area contributed by atoms with Crippen molar-refractivity contribution in [1.29, 1.82) is 0 Å². The third kappa shape index (κ3) is 2.02. The molecule has 1 unspecified atom stereocenters. The maximum atomic E-state index is 14.3. The summed E-state index contributed by atoms with van der Waals surface area (Å²) >= 11 is 5.02. The largest absolute Gasteiger partial charge is 0.328 e. The summed E-state index contributed by atoms with van der Waals surface area (Å²) in [5.41, 5.74) is 4.36. The Balaban J connectivity index is 2.11. The van der Waals surface area contributed by atoms with Gasteiger partial charge in [0.25, 0.3) is 0 Å². The summed E-state index contributed by atoms with van der Waals surface area (Å²) in [4.78, 5) is 1.07. The van der Waals surface area contributed by atoms with E-state index in [0.29, 0.717) is 6.42 Å². The first-order valence-corrected chi connectivity index (χ1v) is 6.44. The molecule has 1 heterocycles. The van der Waals surface area contributed by atoms with Gasteiger partial charge in [0, 0.05) is 22.3 Å². The van der Waals surface area contributed by atoms with E-state index in [1.165, 1.54) is 0 Å². The second-order valence-corrected chi connectivity index (χ2v) is 5.74. The van der Waals surface area contributed by atoms with Crippen LogP contribution in [0.2, 0.25) is 0 Å². The van der Waals surface area contributed by atoms with Crippen molar-refractivity contribution in [3.05, 3.63) is 20.8 Å². The molecule has 1 atom stereocenters. The molecule has 2 N–H and O–H groups in total. The molecule has 1 saturated carbocycles. The van der Waals surface area contributed by atoms with Crippen LogP contribution in [0, 0.1) is 5.92 Å². The van der Waals surface area contributed by atoms with Crippen molar-refractivity contribution in [2.75, 3.05) is 6.54 Å². The van der Waals surface area contributed by atoms with Crippen molar-refractivity contribution < 1.29 is 4.39 Å². The smallest absolute Gasteiger partial charge is 0.130 e. The van der Waals surface area contributed by atoms with Crippen molar-refractivity contribution >= 4 is 27.3 Å². The summed E-state index contributed by atoms with van der Waals surface area (Å²) in [7, 11) is 0. The topological polar surface area (TPSA) is 26.0 Å². The molecule has 14 heavy (non-hydrogen) atoms. The zero-order valence-corrected chi connectivity index (χ0v) is 10.2. The number of hydrogen-bond donors (Lipinski definition) is 1. The van der Waals surface area contributed by atoms with Crippen LogP contribution in [0.1, 0.15) is 17.7 Å². The number of hydrogen-bond acceptors (Lipinski definition) is 2. The fourth-order valence-corrected chi connectivity index (χ4v) is 3.30. The molecule has 0 spiro atoms. The summed E-state index contributed by atoms with van der Waals surface area (Å²) < 4.78 is 15.3. The van der Waals surface area contributed by atoms with Gasteiger partial charge in [-0.3, -0.25) is 0 Å². The summed E-state index contributed by atoms with van der Waals surface area (Å²) in [6.45, 7) is 0.141. The number of thiophene rings is 1. The lowest BCUT2D eigenvalue weighted by molar-refractivity contribution is 0.143. The second kappa shape index (κ2) is 3.91. The lowest BCUT2D eigenvalue weighted by Crippen LogP contribution is -2.37. The molecule has 0 amide bonds. The normalized spacial score (nSPS) is 20.8. The maximum absolute atomic E-state index is 14.3. The van der Waals surface area contributed by atoms with E-state index < -0.39 is 5.67 Å². The lowest BCUT2D eigenvalue weighted by atomic mass is 9.95. The van der Waals surface area contributed by atoms with E-state index in [0.717, 1.165) is 22.2 Å². The minimum Gasteiger partial charge on any atom is -0.328 e. The number of rotatable bonds is 4. The summed E-state index contributed by atoms with van der Waals surface area (Å²) in [6.07, 6.45) is 2.46. The molecule has 2 rings (SSSR count). The molecule has 4 heteroatoms. The van der Waals surface area contributed by atoms with Crippen LogP contribution < -0.4 is 5.73 Å². The van der Waals surface area contributed by atoms with Crippen LogP contribution in [-0.2, 0) is 6.42 Å². The second-order valence-electron chi connectivity index (χ2n) is 3.88. The van der Waals surface area contributed by atoms with Gasteiger partial charge >= 0.3 is 0 Å². The average molecular weight is 278 g/mol. The predicted molar refractivity (Wildman–Crippen MR) is 61.3 cm³/mol. The van der Waals surface area contributed by atoms with E-state index in [4.69, 9.17) is 5.73 Å². The molecule has 1 aliphatic carbocycles. The first-order chi connectivity index (χ1) is 6.65. The lowest BCUT2D eigenvalue weighted by Gasteiger charge is -2.22. The van der Waals surface area contributed by atoms with E-state index in [-0.39, 0.29) is 12.5 Å². The first-order valence-electron chi connectivity index (χ1n) is 4.76. The zero-order valence-electron chi connectivity index (χ0n) is 7.80. The summed E-state index contributed by atoms with van der Waals surface area (Å²) in [5, 5.41) is 1.98. The van der Waals surface area contributed by atoms with Gasteiger partial charge in [0.15, 0.2) is 0 Å². The SMILES string of the molecule is NCC(F)(Cc1sccc1Br)C1CC1. The number of nitrogens with two attached hydrogens (primary N) is 1. The van der Waals surface area contributed by atoms with Crippen LogP contribution in [0.15, 0.2) is 15.9 Å². The standard InChI is InChI=1S/C10H13BrFNS/c11-8-3-4-14-9(8)5-10(12,6-13)7-1-2-7/h3-4,7H,1-2,5-6,13H2. The van der Waals surface area contributed by atoms with Crippen LogP contribution >= 0.6 is 27.3 Å². The Hall–Kier alpha value is 0.0700. The van der Waals surface area contributed by atoms with Gasteiger partial charge < -0.3 is 5.73 Å². The highest BCUT2D eigenvalue weighted by Crippen LogP contribution is 2.44. The van der Waals surface area contributed by atoms with Crippen LogP contribution in [-0.4, -0.2) is 12.2 Å². The quantitative estimate of drug-likeness (QED) is 0.899. The Morgan fingerprint density at radius 3 is 2.79 bits per heavy atom. The van der Waals surface area contributed by atoms with Gasteiger partial charge in [-0.2, -0.15) is 0 Å². The third-order valence-electron chi connectivity index (χ3n) is 2.79. The fourth-order valence-electron chi connectivity index (χ4n) is 1.70. The molecular formula is C10H13BrFNS. The maximum Gasteiger partial charge on any atom is 0.130 e. The summed E-state index contributed by atoms with van der Waals surface area (Å²) in [5.74, 6) is 0.196. The van der Waals surface area contributed by atoms with Gasteiger partial charge in [0.2, 0.25) is 0 Å². The zero-order chi connectivity index (χ0) is 10.2. The average Bonchev–Trinajstić information content (AvgIpc) is 2.95. The Morgan fingerprint density at radius 2 is 2.36 bits per heavy atom. The number of alkyl halides is 1. The molecule has 0 saturated heterocycles. The molecule has 1 aliphatic rings. The Labute approximate surface area is 95.6 Å². The predicted octanol–water partition coefficient (Wildman–Crippen LogP) is 3.13.